The predicted molar refractivity (Wildman–Crippen MR) is 56.2 cm³/mol. The fourth-order valence-electron chi connectivity index (χ4n) is 1.18. The van der Waals surface area contributed by atoms with Crippen LogP contribution in [0.1, 0.15) is 33.3 Å². The van der Waals surface area contributed by atoms with Gasteiger partial charge in [-0.15, -0.1) is 0 Å². The third-order valence-electron chi connectivity index (χ3n) is 1.73. The van der Waals surface area contributed by atoms with E-state index in [4.69, 9.17) is 4.74 Å². The molecule has 0 amide bonds. The molecule has 0 fully saturated rings. The smallest absolute Gasteiger partial charge is 0.120 e. The summed E-state index contributed by atoms with van der Waals surface area (Å²) < 4.78 is 5.74. The molecule has 0 unspecified atom stereocenters. The van der Waals surface area contributed by atoms with Gasteiger partial charge < -0.3 is 4.74 Å². The molecule has 0 radical (unpaired) electrons. The monoisotopic (exact) mass is 178 g/mol. The number of hydrogen-bond donors (Lipinski definition) is 0. The lowest BCUT2D eigenvalue weighted by Gasteiger charge is -2.21. The maximum Gasteiger partial charge on any atom is 0.120 e. The second kappa shape index (κ2) is 3.82. The molecule has 1 aromatic rings. The lowest BCUT2D eigenvalue weighted by Crippen LogP contribution is -2.22. The Balaban J connectivity index is 2.78. The Labute approximate surface area is 80.7 Å². The molecule has 1 nitrogen and oxygen atoms in total. The molecule has 0 aromatic heterocycles. The largest absolute Gasteiger partial charge is 0.488 e. The van der Waals surface area contributed by atoms with Crippen molar-refractivity contribution in [2.75, 3.05) is 0 Å². The van der Waals surface area contributed by atoms with Crippen molar-refractivity contribution in [2.24, 2.45) is 0 Å². The van der Waals surface area contributed by atoms with Crippen molar-refractivity contribution in [3.63, 3.8) is 0 Å². The summed E-state index contributed by atoms with van der Waals surface area (Å²) in [7, 11) is 0. The number of ether oxygens (including phenoxy) is 1. The highest BCUT2D eigenvalue weighted by Gasteiger charge is 2.11. The minimum atomic E-state index is -0.105. The van der Waals surface area contributed by atoms with Crippen molar-refractivity contribution in [1.29, 1.82) is 0 Å². The van der Waals surface area contributed by atoms with E-state index in [9.17, 15) is 0 Å². The first kappa shape index (κ1) is 10.1. The van der Waals surface area contributed by atoms with Crippen LogP contribution in [0.15, 0.2) is 24.3 Å². The van der Waals surface area contributed by atoms with Gasteiger partial charge in [0.25, 0.3) is 0 Å². The van der Waals surface area contributed by atoms with E-state index in [1.807, 2.05) is 12.1 Å². The number of rotatable bonds is 2. The Morgan fingerprint density at radius 2 is 1.92 bits per heavy atom. The molecular weight excluding hydrogens is 160 g/mol. The normalized spacial score (nSPS) is 11.4. The molecule has 13 heavy (non-hydrogen) atoms. The third-order valence-corrected chi connectivity index (χ3v) is 1.73. The van der Waals surface area contributed by atoms with Crippen LogP contribution in [0, 0.1) is 0 Å². The van der Waals surface area contributed by atoms with Gasteiger partial charge in [-0.25, -0.2) is 0 Å². The van der Waals surface area contributed by atoms with Gasteiger partial charge in [0.05, 0.1) is 0 Å². The van der Waals surface area contributed by atoms with Gasteiger partial charge in [0, 0.05) is 0 Å². The van der Waals surface area contributed by atoms with Gasteiger partial charge in [0.2, 0.25) is 0 Å². The second-order valence-corrected chi connectivity index (χ2v) is 4.22. The maximum absolute atomic E-state index is 5.74. The van der Waals surface area contributed by atoms with Gasteiger partial charge in [0.1, 0.15) is 11.4 Å². The average Bonchev–Trinajstić information content (AvgIpc) is 2.01. The third kappa shape index (κ3) is 3.49. The average molecular weight is 178 g/mol. The molecule has 0 aliphatic rings. The van der Waals surface area contributed by atoms with Crippen molar-refractivity contribution < 1.29 is 4.74 Å². The number of aryl methyl sites for hydroxylation is 1. The Hall–Kier alpha value is -0.980. The van der Waals surface area contributed by atoms with Crippen molar-refractivity contribution in [1.82, 2.24) is 0 Å². The van der Waals surface area contributed by atoms with Gasteiger partial charge in [-0.05, 0) is 44.9 Å². The van der Waals surface area contributed by atoms with E-state index < -0.39 is 0 Å². The zero-order valence-electron chi connectivity index (χ0n) is 8.92. The first-order valence-electron chi connectivity index (χ1n) is 4.79. The highest BCUT2D eigenvalue weighted by Crippen LogP contribution is 2.19. The molecule has 0 heterocycles. The topological polar surface area (TPSA) is 9.23 Å². The minimum absolute atomic E-state index is 0.105. The van der Waals surface area contributed by atoms with Gasteiger partial charge >= 0.3 is 0 Å². The quantitative estimate of drug-likeness (QED) is 0.674. The lowest BCUT2D eigenvalue weighted by atomic mass is 10.1. The first-order chi connectivity index (χ1) is 6.01. The predicted octanol–water partition coefficient (Wildman–Crippen LogP) is 3.43. The van der Waals surface area contributed by atoms with E-state index in [1.165, 1.54) is 5.56 Å². The Kier molecular flexibility index (Phi) is 2.97. The van der Waals surface area contributed by atoms with Gasteiger partial charge in [-0.1, -0.05) is 19.1 Å². The van der Waals surface area contributed by atoms with Crippen LogP contribution >= 0.6 is 0 Å². The van der Waals surface area contributed by atoms with Crippen LogP contribution in [-0.2, 0) is 6.42 Å². The number of hydrogen-bond acceptors (Lipinski definition) is 1. The molecule has 0 saturated carbocycles. The zero-order valence-corrected chi connectivity index (χ0v) is 8.92. The Morgan fingerprint density at radius 3 is 2.46 bits per heavy atom. The van der Waals surface area contributed by atoms with Crippen LogP contribution in [0.3, 0.4) is 0 Å². The van der Waals surface area contributed by atoms with Crippen molar-refractivity contribution in [3.8, 4) is 5.75 Å². The van der Waals surface area contributed by atoms with Gasteiger partial charge in [-0.3, -0.25) is 0 Å². The van der Waals surface area contributed by atoms with Crippen LogP contribution in [-0.4, -0.2) is 5.60 Å². The SMILES string of the molecule is CCc1cccc(OC(C)(C)C)c1. The molecular formula is C12H18O. The van der Waals surface area contributed by atoms with E-state index in [0.29, 0.717) is 0 Å². The second-order valence-electron chi connectivity index (χ2n) is 4.22. The van der Waals surface area contributed by atoms with Crippen LogP contribution < -0.4 is 4.74 Å². The van der Waals surface area contributed by atoms with Crippen molar-refractivity contribution in [3.05, 3.63) is 29.8 Å². The van der Waals surface area contributed by atoms with E-state index >= 15 is 0 Å². The fraction of sp³-hybridized carbons (Fsp3) is 0.500. The van der Waals surface area contributed by atoms with Crippen LogP contribution in [0.2, 0.25) is 0 Å². The summed E-state index contributed by atoms with van der Waals surface area (Å²) in [6.45, 7) is 8.33. The standard InChI is InChI=1S/C12H18O/c1-5-10-7-6-8-11(9-10)13-12(2,3)4/h6-9H,5H2,1-4H3. The van der Waals surface area contributed by atoms with Gasteiger partial charge in [-0.2, -0.15) is 0 Å². The Morgan fingerprint density at radius 1 is 1.23 bits per heavy atom. The van der Waals surface area contributed by atoms with Crippen molar-refractivity contribution >= 4 is 0 Å². The molecule has 1 rings (SSSR count). The summed E-state index contributed by atoms with van der Waals surface area (Å²) in [5.41, 5.74) is 1.22. The van der Waals surface area contributed by atoms with Gasteiger partial charge in [0.15, 0.2) is 0 Å². The number of benzene rings is 1. The molecule has 0 spiro atoms. The lowest BCUT2D eigenvalue weighted by molar-refractivity contribution is 0.131. The molecule has 0 saturated heterocycles. The molecule has 0 bridgehead atoms. The molecule has 72 valence electrons. The molecule has 0 aliphatic heterocycles. The molecule has 1 aromatic carbocycles. The van der Waals surface area contributed by atoms with E-state index in [0.717, 1.165) is 12.2 Å². The summed E-state index contributed by atoms with van der Waals surface area (Å²) in [5, 5.41) is 0. The summed E-state index contributed by atoms with van der Waals surface area (Å²) in [5.74, 6) is 0.965. The van der Waals surface area contributed by atoms with Crippen LogP contribution in [0.25, 0.3) is 0 Å². The minimum Gasteiger partial charge on any atom is -0.488 e. The first-order valence-corrected chi connectivity index (χ1v) is 4.79. The molecule has 0 aliphatic carbocycles. The highest BCUT2D eigenvalue weighted by molar-refractivity contribution is 5.28. The highest BCUT2D eigenvalue weighted by atomic mass is 16.5. The maximum atomic E-state index is 5.74. The van der Waals surface area contributed by atoms with Crippen molar-refractivity contribution in [2.45, 2.75) is 39.7 Å². The fourth-order valence-corrected chi connectivity index (χ4v) is 1.18. The Bertz CT molecular complexity index is 271. The zero-order chi connectivity index (χ0) is 9.90. The molecule has 0 atom stereocenters. The van der Waals surface area contributed by atoms with Crippen LogP contribution in [0.5, 0.6) is 5.75 Å². The molecule has 1 heteroatoms. The van der Waals surface area contributed by atoms with E-state index in [1.54, 1.807) is 0 Å². The van der Waals surface area contributed by atoms with E-state index in [-0.39, 0.29) is 5.60 Å². The summed E-state index contributed by atoms with van der Waals surface area (Å²) >= 11 is 0. The summed E-state index contributed by atoms with van der Waals surface area (Å²) in [6.07, 6.45) is 1.06. The summed E-state index contributed by atoms with van der Waals surface area (Å²) in [4.78, 5) is 0. The molecule has 0 N–H and O–H groups in total. The summed E-state index contributed by atoms with van der Waals surface area (Å²) in [6, 6.07) is 8.27. The van der Waals surface area contributed by atoms with E-state index in [2.05, 4.69) is 39.8 Å². The van der Waals surface area contributed by atoms with Crippen LogP contribution in [0.4, 0.5) is 0 Å².